The summed E-state index contributed by atoms with van der Waals surface area (Å²) in [5.41, 5.74) is 2.48. The summed E-state index contributed by atoms with van der Waals surface area (Å²) in [6.45, 7) is 8.43. The molecule has 0 saturated carbocycles. The normalized spacial score (nSPS) is 14.1. The molecule has 1 unspecified atom stereocenters. The van der Waals surface area contributed by atoms with Gasteiger partial charge >= 0.3 is 0 Å². The van der Waals surface area contributed by atoms with Gasteiger partial charge in [-0.15, -0.1) is 0 Å². The van der Waals surface area contributed by atoms with E-state index in [1.54, 1.807) is 0 Å². The van der Waals surface area contributed by atoms with E-state index < -0.39 is 0 Å². The Labute approximate surface area is 74.4 Å². The molecule has 0 fully saturated rings. The zero-order chi connectivity index (χ0) is 9.78. The molecule has 1 N–H and O–H groups in total. The number of rotatable bonds is 3. The van der Waals surface area contributed by atoms with E-state index in [0.717, 1.165) is 0 Å². The van der Waals surface area contributed by atoms with Gasteiger partial charge in [-0.3, -0.25) is 9.63 Å². The van der Waals surface area contributed by atoms with Gasteiger partial charge in [0.25, 0.3) is 0 Å². The lowest BCUT2D eigenvalue weighted by molar-refractivity contribution is -0.132. The molecular weight excluding hydrogens is 154 g/mol. The number of carbonyl (C=O) groups excluding carboxylic acids is 1. The Morgan fingerprint density at radius 1 is 1.50 bits per heavy atom. The second-order valence-corrected chi connectivity index (χ2v) is 4.20. The van der Waals surface area contributed by atoms with Crippen LogP contribution in [-0.2, 0) is 9.63 Å². The predicted octanol–water partition coefficient (Wildman–Crippen LogP) is 1.74. The lowest BCUT2D eigenvalue weighted by Crippen LogP contribution is -2.28. The van der Waals surface area contributed by atoms with Gasteiger partial charge < -0.3 is 0 Å². The summed E-state index contributed by atoms with van der Waals surface area (Å²) in [6, 6.07) is 0. The van der Waals surface area contributed by atoms with Crippen molar-refractivity contribution in [2.24, 2.45) is 11.3 Å². The predicted molar refractivity (Wildman–Crippen MR) is 48.4 cm³/mol. The third kappa shape index (κ3) is 4.34. The maximum absolute atomic E-state index is 11.1. The largest absolute Gasteiger partial charge is 0.277 e. The van der Waals surface area contributed by atoms with Gasteiger partial charge in [0, 0.05) is 6.42 Å². The van der Waals surface area contributed by atoms with Gasteiger partial charge in [-0.1, -0.05) is 27.7 Å². The lowest BCUT2D eigenvalue weighted by Gasteiger charge is -2.26. The minimum absolute atomic E-state index is 0.0556. The van der Waals surface area contributed by atoms with Crippen LogP contribution >= 0.6 is 0 Å². The SMILES string of the molecule is CONC(=O)CC(C)C(C)(C)C. The first-order valence-electron chi connectivity index (χ1n) is 4.19. The van der Waals surface area contributed by atoms with Crippen LogP contribution in [0.4, 0.5) is 0 Å². The Balaban J connectivity index is 3.84. The molecule has 0 aromatic carbocycles. The van der Waals surface area contributed by atoms with Crippen molar-refractivity contribution in [3.63, 3.8) is 0 Å². The highest BCUT2D eigenvalue weighted by atomic mass is 16.6. The van der Waals surface area contributed by atoms with Crippen LogP contribution < -0.4 is 5.48 Å². The molecule has 3 heteroatoms. The van der Waals surface area contributed by atoms with E-state index in [9.17, 15) is 4.79 Å². The van der Waals surface area contributed by atoms with Crippen molar-refractivity contribution in [1.82, 2.24) is 5.48 Å². The number of hydrogen-bond donors (Lipinski definition) is 1. The summed E-state index contributed by atoms with van der Waals surface area (Å²) in [7, 11) is 1.44. The van der Waals surface area contributed by atoms with Crippen LogP contribution in [0.3, 0.4) is 0 Å². The van der Waals surface area contributed by atoms with Crippen molar-refractivity contribution in [3.05, 3.63) is 0 Å². The fourth-order valence-electron chi connectivity index (χ4n) is 0.740. The van der Waals surface area contributed by atoms with Crippen molar-refractivity contribution < 1.29 is 9.63 Å². The van der Waals surface area contributed by atoms with Gasteiger partial charge in [0.15, 0.2) is 0 Å². The van der Waals surface area contributed by atoms with Gasteiger partial charge in [0.2, 0.25) is 5.91 Å². The highest BCUT2D eigenvalue weighted by Gasteiger charge is 2.22. The first-order chi connectivity index (χ1) is 5.38. The quantitative estimate of drug-likeness (QED) is 0.660. The van der Waals surface area contributed by atoms with Crippen LogP contribution in [0, 0.1) is 11.3 Å². The molecule has 0 aliphatic carbocycles. The van der Waals surface area contributed by atoms with Crippen molar-refractivity contribution in [2.45, 2.75) is 34.1 Å². The molecule has 0 aromatic rings. The monoisotopic (exact) mass is 173 g/mol. The molecule has 1 amide bonds. The Morgan fingerprint density at radius 3 is 2.33 bits per heavy atom. The van der Waals surface area contributed by atoms with Crippen molar-refractivity contribution in [3.8, 4) is 0 Å². The standard InChI is InChI=1S/C9H19NO2/c1-7(9(2,3)4)6-8(11)10-12-5/h7H,6H2,1-5H3,(H,10,11). The zero-order valence-corrected chi connectivity index (χ0v) is 8.60. The highest BCUT2D eigenvalue weighted by molar-refractivity contribution is 5.75. The van der Waals surface area contributed by atoms with Gasteiger partial charge in [0.05, 0.1) is 7.11 Å². The summed E-state index contributed by atoms with van der Waals surface area (Å²) in [6.07, 6.45) is 0.511. The zero-order valence-electron chi connectivity index (χ0n) is 8.60. The van der Waals surface area contributed by atoms with Gasteiger partial charge in [-0.25, -0.2) is 5.48 Å². The molecule has 1 atom stereocenters. The van der Waals surface area contributed by atoms with Crippen LogP contribution in [0.5, 0.6) is 0 Å². The number of carbonyl (C=O) groups is 1. The fourth-order valence-corrected chi connectivity index (χ4v) is 0.740. The molecule has 0 heterocycles. The second-order valence-electron chi connectivity index (χ2n) is 4.20. The number of hydroxylamine groups is 1. The van der Waals surface area contributed by atoms with E-state index in [-0.39, 0.29) is 11.3 Å². The molecule has 72 valence electrons. The summed E-state index contributed by atoms with van der Waals surface area (Å²) in [5.74, 6) is 0.299. The summed E-state index contributed by atoms with van der Waals surface area (Å²) in [5, 5.41) is 0. The first kappa shape index (κ1) is 11.4. The van der Waals surface area contributed by atoms with E-state index in [1.165, 1.54) is 7.11 Å². The van der Waals surface area contributed by atoms with Crippen LogP contribution in [0.2, 0.25) is 0 Å². The molecule has 0 radical (unpaired) electrons. The highest BCUT2D eigenvalue weighted by Crippen LogP contribution is 2.27. The van der Waals surface area contributed by atoms with Crippen LogP contribution in [0.15, 0.2) is 0 Å². The first-order valence-corrected chi connectivity index (χ1v) is 4.19. The molecule has 0 rings (SSSR count). The van der Waals surface area contributed by atoms with Crippen molar-refractivity contribution in [2.75, 3.05) is 7.11 Å². The smallest absolute Gasteiger partial charge is 0.243 e. The van der Waals surface area contributed by atoms with Crippen LogP contribution in [-0.4, -0.2) is 13.0 Å². The number of amides is 1. The fraction of sp³-hybridized carbons (Fsp3) is 0.889. The summed E-state index contributed by atoms with van der Waals surface area (Å²) < 4.78 is 0. The van der Waals surface area contributed by atoms with Crippen molar-refractivity contribution in [1.29, 1.82) is 0 Å². The Kier molecular flexibility index (Phi) is 4.24. The molecule has 0 spiro atoms. The van der Waals surface area contributed by atoms with Gasteiger partial charge in [-0.2, -0.15) is 0 Å². The molecule has 0 aromatic heterocycles. The maximum atomic E-state index is 11.1. The Bertz CT molecular complexity index is 149. The molecular formula is C9H19NO2. The third-order valence-corrected chi connectivity index (χ3v) is 2.19. The number of nitrogens with one attached hydrogen (secondary N) is 1. The molecule has 3 nitrogen and oxygen atoms in total. The molecule has 0 saturated heterocycles. The maximum Gasteiger partial charge on any atom is 0.243 e. The topological polar surface area (TPSA) is 38.3 Å². The second kappa shape index (κ2) is 4.45. The van der Waals surface area contributed by atoms with E-state index in [2.05, 4.69) is 38.0 Å². The summed E-state index contributed by atoms with van der Waals surface area (Å²) >= 11 is 0. The Morgan fingerprint density at radius 2 is 2.00 bits per heavy atom. The van der Waals surface area contributed by atoms with Gasteiger partial charge in [-0.05, 0) is 11.3 Å². The van der Waals surface area contributed by atoms with E-state index in [1.807, 2.05) is 0 Å². The third-order valence-electron chi connectivity index (χ3n) is 2.19. The lowest BCUT2D eigenvalue weighted by atomic mass is 9.80. The number of hydrogen-bond acceptors (Lipinski definition) is 2. The Hall–Kier alpha value is -0.570. The molecule has 0 bridgehead atoms. The van der Waals surface area contributed by atoms with Crippen LogP contribution in [0.25, 0.3) is 0 Å². The molecule has 0 aliphatic rings. The molecule has 0 aliphatic heterocycles. The minimum Gasteiger partial charge on any atom is -0.277 e. The average molecular weight is 173 g/mol. The minimum atomic E-state index is -0.0556. The summed E-state index contributed by atoms with van der Waals surface area (Å²) in [4.78, 5) is 15.6. The van der Waals surface area contributed by atoms with E-state index in [4.69, 9.17) is 0 Å². The van der Waals surface area contributed by atoms with E-state index >= 15 is 0 Å². The van der Waals surface area contributed by atoms with Crippen molar-refractivity contribution >= 4 is 5.91 Å². The van der Waals surface area contributed by atoms with E-state index in [0.29, 0.717) is 12.3 Å². The molecule has 12 heavy (non-hydrogen) atoms. The van der Waals surface area contributed by atoms with Crippen LogP contribution in [0.1, 0.15) is 34.1 Å². The van der Waals surface area contributed by atoms with Gasteiger partial charge in [0.1, 0.15) is 0 Å². The average Bonchev–Trinajstić information content (AvgIpc) is 1.85.